The van der Waals surface area contributed by atoms with Crippen LogP contribution in [0, 0.1) is 0 Å². The molecule has 120 valence electrons. The van der Waals surface area contributed by atoms with E-state index < -0.39 is 5.60 Å². The molecule has 3 heteroatoms. The lowest BCUT2D eigenvalue weighted by Gasteiger charge is -2.42. The van der Waals surface area contributed by atoms with E-state index in [9.17, 15) is 5.11 Å². The molecule has 0 radical (unpaired) electrons. The van der Waals surface area contributed by atoms with Gasteiger partial charge < -0.3 is 14.7 Å². The third-order valence-corrected chi connectivity index (χ3v) is 5.50. The van der Waals surface area contributed by atoms with Gasteiger partial charge in [0.1, 0.15) is 11.5 Å². The van der Waals surface area contributed by atoms with Crippen molar-refractivity contribution in [2.24, 2.45) is 0 Å². The standard InChI is InChI=1S/C20H23NO2/c1-21-16-9-10-17(21)14-20(22,13-16)15-7-11-19(12-8-15)23-18-5-3-2-4-6-18/h2-8,11-12,16-17,22H,9-10,13-14H2,1H3. The highest BCUT2D eigenvalue weighted by molar-refractivity contribution is 5.35. The lowest BCUT2D eigenvalue weighted by atomic mass is 9.81. The summed E-state index contributed by atoms with van der Waals surface area (Å²) >= 11 is 0. The maximum Gasteiger partial charge on any atom is 0.127 e. The molecular formula is C20H23NO2. The molecule has 2 aliphatic heterocycles. The minimum atomic E-state index is -0.691. The highest BCUT2D eigenvalue weighted by atomic mass is 16.5. The molecule has 2 fully saturated rings. The monoisotopic (exact) mass is 309 g/mol. The Balaban J connectivity index is 1.52. The molecule has 4 rings (SSSR count). The van der Waals surface area contributed by atoms with E-state index in [-0.39, 0.29) is 0 Å². The summed E-state index contributed by atoms with van der Waals surface area (Å²) < 4.78 is 5.84. The van der Waals surface area contributed by atoms with Gasteiger partial charge in [-0.2, -0.15) is 0 Å². The predicted molar refractivity (Wildman–Crippen MR) is 90.7 cm³/mol. The van der Waals surface area contributed by atoms with Crippen LogP contribution in [0.4, 0.5) is 0 Å². The van der Waals surface area contributed by atoms with Crippen LogP contribution in [-0.2, 0) is 5.60 Å². The van der Waals surface area contributed by atoms with Crippen molar-refractivity contribution in [3.05, 3.63) is 60.2 Å². The smallest absolute Gasteiger partial charge is 0.127 e. The van der Waals surface area contributed by atoms with Gasteiger partial charge in [-0.3, -0.25) is 0 Å². The quantitative estimate of drug-likeness (QED) is 0.932. The molecule has 1 N–H and O–H groups in total. The van der Waals surface area contributed by atoms with E-state index in [1.54, 1.807) is 0 Å². The first-order chi connectivity index (χ1) is 11.1. The van der Waals surface area contributed by atoms with Gasteiger partial charge >= 0.3 is 0 Å². The molecule has 2 aromatic rings. The van der Waals surface area contributed by atoms with Crippen molar-refractivity contribution < 1.29 is 9.84 Å². The molecule has 2 unspecified atom stereocenters. The minimum absolute atomic E-state index is 0.513. The fourth-order valence-corrected chi connectivity index (χ4v) is 4.14. The Morgan fingerprint density at radius 1 is 0.913 bits per heavy atom. The van der Waals surface area contributed by atoms with Gasteiger partial charge in [0.15, 0.2) is 0 Å². The van der Waals surface area contributed by atoms with Crippen molar-refractivity contribution in [3.63, 3.8) is 0 Å². The van der Waals surface area contributed by atoms with Crippen molar-refractivity contribution in [1.82, 2.24) is 4.90 Å². The molecule has 2 heterocycles. The molecule has 2 atom stereocenters. The topological polar surface area (TPSA) is 32.7 Å². The summed E-state index contributed by atoms with van der Waals surface area (Å²) in [6.07, 6.45) is 4.08. The van der Waals surface area contributed by atoms with Gasteiger partial charge in [-0.1, -0.05) is 30.3 Å². The molecule has 0 aliphatic carbocycles. The van der Waals surface area contributed by atoms with Gasteiger partial charge in [0.25, 0.3) is 0 Å². The van der Waals surface area contributed by atoms with Crippen LogP contribution in [0.1, 0.15) is 31.2 Å². The molecule has 0 saturated carbocycles. The van der Waals surface area contributed by atoms with Crippen molar-refractivity contribution in [2.75, 3.05) is 7.05 Å². The first kappa shape index (κ1) is 14.7. The van der Waals surface area contributed by atoms with E-state index in [0.717, 1.165) is 29.9 Å². The second-order valence-electron chi connectivity index (χ2n) is 6.93. The number of hydrogen-bond donors (Lipinski definition) is 1. The Morgan fingerprint density at radius 3 is 2.09 bits per heavy atom. The van der Waals surface area contributed by atoms with E-state index in [1.165, 1.54) is 12.8 Å². The Bertz CT molecular complexity index is 654. The molecule has 2 aromatic carbocycles. The summed E-state index contributed by atoms with van der Waals surface area (Å²) in [7, 11) is 2.19. The second-order valence-corrected chi connectivity index (χ2v) is 6.93. The molecule has 0 spiro atoms. The average Bonchev–Trinajstić information content (AvgIpc) is 2.79. The minimum Gasteiger partial charge on any atom is -0.457 e. The third-order valence-electron chi connectivity index (χ3n) is 5.50. The van der Waals surface area contributed by atoms with E-state index in [1.807, 2.05) is 54.6 Å². The van der Waals surface area contributed by atoms with Crippen LogP contribution in [0.2, 0.25) is 0 Å². The van der Waals surface area contributed by atoms with E-state index in [0.29, 0.717) is 12.1 Å². The van der Waals surface area contributed by atoms with Crippen LogP contribution >= 0.6 is 0 Å². The number of para-hydroxylation sites is 1. The zero-order valence-electron chi connectivity index (χ0n) is 13.5. The lowest BCUT2D eigenvalue weighted by Crippen LogP contribution is -2.47. The number of aliphatic hydroxyl groups is 1. The summed E-state index contributed by atoms with van der Waals surface area (Å²) in [5.74, 6) is 1.63. The SMILES string of the molecule is CN1C2CCC1CC(O)(c1ccc(Oc3ccccc3)cc1)C2. The van der Waals surface area contributed by atoms with Gasteiger partial charge in [0, 0.05) is 12.1 Å². The van der Waals surface area contributed by atoms with Crippen molar-refractivity contribution in [2.45, 2.75) is 43.4 Å². The Hall–Kier alpha value is -1.84. The second kappa shape index (κ2) is 5.66. The van der Waals surface area contributed by atoms with Gasteiger partial charge in [0.2, 0.25) is 0 Å². The first-order valence-corrected chi connectivity index (χ1v) is 8.42. The fourth-order valence-electron chi connectivity index (χ4n) is 4.14. The maximum atomic E-state index is 11.2. The summed E-state index contributed by atoms with van der Waals surface area (Å²) in [5.41, 5.74) is 0.326. The van der Waals surface area contributed by atoms with Crippen LogP contribution in [0.3, 0.4) is 0 Å². The number of fused-ring (bicyclic) bond motifs is 2. The molecule has 2 bridgehead atoms. The summed E-state index contributed by atoms with van der Waals surface area (Å²) in [4.78, 5) is 2.45. The zero-order valence-corrected chi connectivity index (χ0v) is 13.5. The molecular weight excluding hydrogens is 286 g/mol. The van der Waals surface area contributed by atoms with E-state index in [4.69, 9.17) is 4.74 Å². The highest BCUT2D eigenvalue weighted by Gasteiger charge is 2.46. The molecule has 3 nitrogen and oxygen atoms in total. The van der Waals surface area contributed by atoms with Crippen LogP contribution in [0.5, 0.6) is 11.5 Å². The lowest BCUT2D eigenvalue weighted by molar-refractivity contribution is -0.0493. The largest absolute Gasteiger partial charge is 0.457 e. The van der Waals surface area contributed by atoms with Crippen LogP contribution < -0.4 is 4.74 Å². The average molecular weight is 309 g/mol. The number of rotatable bonds is 3. The van der Waals surface area contributed by atoms with E-state index in [2.05, 4.69) is 11.9 Å². The summed E-state index contributed by atoms with van der Waals surface area (Å²) in [6.45, 7) is 0. The van der Waals surface area contributed by atoms with Crippen molar-refractivity contribution in [3.8, 4) is 11.5 Å². The summed E-state index contributed by atoms with van der Waals surface area (Å²) in [5, 5.41) is 11.2. The fraction of sp³-hybridized carbons (Fsp3) is 0.400. The molecule has 0 amide bonds. The van der Waals surface area contributed by atoms with Crippen LogP contribution in [-0.4, -0.2) is 29.1 Å². The Morgan fingerprint density at radius 2 is 1.48 bits per heavy atom. The van der Waals surface area contributed by atoms with E-state index >= 15 is 0 Å². The van der Waals surface area contributed by atoms with Crippen molar-refractivity contribution in [1.29, 1.82) is 0 Å². The zero-order chi connectivity index (χ0) is 15.9. The Labute approximate surface area is 137 Å². The maximum absolute atomic E-state index is 11.2. The van der Waals surface area contributed by atoms with Gasteiger partial charge in [-0.05, 0) is 62.6 Å². The molecule has 2 aliphatic rings. The van der Waals surface area contributed by atoms with Crippen LogP contribution in [0.25, 0.3) is 0 Å². The highest BCUT2D eigenvalue weighted by Crippen LogP contribution is 2.45. The molecule has 23 heavy (non-hydrogen) atoms. The number of nitrogens with zero attached hydrogens (tertiary/aromatic N) is 1. The first-order valence-electron chi connectivity index (χ1n) is 8.42. The Kier molecular flexibility index (Phi) is 3.63. The van der Waals surface area contributed by atoms with Gasteiger partial charge in [-0.25, -0.2) is 0 Å². The van der Waals surface area contributed by atoms with Crippen LogP contribution in [0.15, 0.2) is 54.6 Å². The summed E-state index contributed by atoms with van der Waals surface area (Å²) in [6, 6.07) is 18.7. The number of ether oxygens (including phenoxy) is 1. The number of piperidine rings is 1. The van der Waals surface area contributed by atoms with Gasteiger partial charge in [0.05, 0.1) is 5.60 Å². The molecule has 0 aromatic heterocycles. The third kappa shape index (κ3) is 2.75. The predicted octanol–water partition coefficient (Wildman–Crippen LogP) is 3.92. The van der Waals surface area contributed by atoms with Gasteiger partial charge in [-0.15, -0.1) is 0 Å². The normalized spacial score (nSPS) is 30.3. The number of hydrogen-bond acceptors (Lipinski definition) is 3. The van der Waals surface area contributed by atoms with Crippen molar-refractivity contribution >= 4 is 0 Å². The number of benzene rings is 2. The molecule has 2 saturated heterocycles.